The summed E-state index contributed by atoms with van der Waals surface area (Å²) in [7, 11) is -2.72. The Labute approximate surface area is 109 Å². The lowest BCUT2D eigenvalue weighted by atomic mass is 10.1. The smallest absolute Gasteiger partial charge is 0.158 e. The highest BCUT2D eigenvalue weighted by Gasteiger charge is 2.33. The molecule has 0 aliphatic carbocycles. The zero-order valence-electron chi connectivity index (χ0n) is 12.4. The van der Waals surface area contributed by atoms with Gasteiger partial charge in [0.05, 0.1) is 8.07 Å². The van der Waals surface area contributed by atoms with Gasteiger partial charge < -0.3 is 0 Å². The second kappa shape index (κ2) is 5.96. The molecule has 98 valence electrons. The SMILES string of the molecule is C=CCC(C(=O)C(=C)C[Si](C)(C)C)[Si](C)(C)C. The van der Waals surface area contributed by atoms with E-state index in [1.165, 1.54) is 0 Å². The van der Waals surface area contributed by atoms with Crippen molar-refractivity contribution in [1.29, 1.82) is 0 Å². The molecule has 0 radical (unpaired) electrons. The minimum Gasteiger partial charge on any atom is -0.295 e. The molecule has 0 rings (SSSR count). The van der Waals surface area contributed by atoms with E-state index in [1.807, 2.05) is 6.08 Å². The van der Waals surface area contributed by atoms with Crippen LogP contribution in [-0.4, -0.2) is 21.9 Å². The van der Waals surface area contributed by atoms with Crippen molar-refractivity contribution in [3.8, 4) is 0 Å². The van der Waals surface area contributed by atoms with Crippen LogP contribution in [0, 0.1) is 0 Å². The van der Waals surface area contributed by atoms with Crippen molar-refractivity contribution in [3.05, 3.63) is 24.8 Å². The quantitative estimate of drug-likeness (QED) is 0.370. The molecule has 0 aliphatic heterocycles. The van der Waals surface area contributed by atoms with Crippen LogP contribution in [-0.2, 0) is 4.79 Å². The summed E-state index contributed by atoms with van der Waals surface area (Å²) in [5, 5.41) is 0. The maximum absolute atomic E-state index is 12.5. The highest BCUT2D eigenvalue weighted by atomic mass is 28.3. The van der Waals surface area contributed by atoms with E-state index in [-0.39, 0.29) is 5.54 Å². The van der Waals surface area contributed by atoms with Gasteiger partial charge in [0.15, 0.2) is 5.78 Å². The summed E-state index contributed by atoms with van der Waals surface area (Å²) in [5.41, 5.74) is 1.00. The van der Waals surface area contributed by atoms with E-state index in [0.717, 1.165) is 18.0 Å². The third kappa shape index (κ3) is 6.17. The first-order valence-corrected chi connectivity index (χ1v) is 13.6. The zero-order valence-corrected chi connectivity index (χ0v) is 14.4. The standard InChI is InChI=1S/C14H28OSi2/c1-9-10-13(17(6,7)8)14(15)12(2)11-16(3,4)5/h9,13H,1-2,10-11H2,3-8H3. The maximum Gasteiger partial charge on any atom is 0.158 e. The molecule has 17 heavy (non-hydrogen) atoms. The van der Waals surface area contributed by atoms with Gasteiger partial charge in [-0.1, -0.05) is 51.9 Å². The largest absolute Gasteiger partial charge is 0.295 e. The summed E-state index contributed by atoms with van der Waals surface area (Å²) in [6.45, 7) is 21.4. The Hall–Kier alpha value is -0.416. The van der Waals surface area contributed by atoms with Crippen LogP contribution in [0.5, 0.6) is 0 Å². The number of hydrogen-bond donors (Lipinski definition) is 0. The van der Waals surface area contributed by atoms with Crippen molar-refractivity contribution >= 4 is 21.9 Å². The van der Waals surface area contributed by atoms with Crippen LogP contribution < -0.4 is 0 Å². The molecule has 0 aromatic carbocycles. The summed E-state index contributed by atoms with van der Waals surface area (Å²) in [6.07, 6.45) is 2.68. The van der Waals surface area contributed by atoms with Gasteiger partial charge in [0.1, 0.15) is 0 Å². The fourth-order valence-corrected chi connectivity index (χ4v) is 5.31. The van der Waals surface area contributed by atoms with Gasteiger partial charge in [-0.25, -0.2) is 0 Å². The summed E-state index contributed by atoms with van der Waals surface area (Å²) in [4.78, 5) is 12.5. The van der Waals surface area contributed by atoms with Crippen molar-refractivity contribution in [2.45, 2.75) is 57.3 Å². The molecule has 0 aromatic rings. The number of carbonyl (C=O) groups is 1. The molecule has 0 heterocycles. The highest BCUT2D eigenvalue weighted by molar-refractivity contribution is 6.81. The van der Waals surface area contributed by atoms with Crippen molar-refractivity contribution in [1.82, 2.24) is 0 Å². The number of ketones is 1. The minimum atomic E-state index is -1.48. The lowest BCUT2D eigenvalue weighted by Crippen LogP contribution is -2.35. The van der Waals surface area contributed by atoms with E-state index in [2.05, 4.69) is 52.4 Å². The molecule has 0 N–H and O–H groups in total. The first-order chi connectivity index (χ1) is 7.49. The van der Waals surface area contributed by atoms with E-state index in [9.17, 15) is 4.79 Å². The van der Waals surface area contributed by atoms with Crippen molar-refractivity contribution in [3.63, 3.8) is 0 Å². The van der Waals surface area contributed by atoms with E-state index in [1.54, 1.807) is 0 Å². The van der Waals surface area contributed by atoms with Crippen LogP contribution in [0.4, 0.5) is 0 Å². The van der Waals surface area contributed by atoms with Crippen molar-refractivity contribution in [2.24, 2.45) is 0 Å². The zero-order chi connectivity index (χ0) is 13.9. The van der Waals surface area contributed by atoms with Crippen LogP contribution in [0.3, 0.4) is 0 Å². The fraction of sp³-hybridized carbons (Fsp3) is 0.643. The number of Topliss-reactive ketones (excluding diaryl/α,β-unsaturated/α-hetero) is 1. The van der Waals surface area contributed by atoms with E-state index in [4.69, 9.17) is 0 Å². The molecule has 1 atom stereocenters. The van der Waals surface area contributed by atoms with Gasteiger partial charge in [-0.05, 0) is 18.0 Å². The average Bonchev–Trinajstić information content (AvgIpc) is 2.08. The van der Waals surface area contributed by atoms with Gasteiger partial charge >= 0.3 is 0 Å². The van der Waals surface area contributed by atoms with Crippen LogP contribution in [0.1, 0.15) is 6.42 Å². The first kappa shape index (κ1) is 16.6. The first-order valence-electron chi connectivity index (χ1n) is 6.32. The molecule has 0 aliphatic rings. The summed E-state index contributed by atoms with van der Waals surface area (Å²) >= 11 is 0. The lowest BCUT2D eigenvalue weighted by molar-refractivity contribution is -0.115. The van der Waals surface area contributed by atoms with Crippen LogP contribution in [0.2, 0.25) is 50.9 Å². The molecule has 0 spiro atoms. The summed E-state index contributed by atoms with van der Waals surface area (Å²) in [5.74, 6) is 0.298. The Balaban J connectivity index is 4.86. The molecule has 0 fully saturated rings. The Morgan fingerprint density at radius 3 is 1.94 bits per heavy atom. The van der Waals surface area contributed by atoms with E-state index >= 15 is 0 Å². The van der Waals surface area contributed by atoms with Crippen molar-refractivity contribution < 1.29 is 4.79 Å². The predicted molar refractivity (Wildman–Crippen MR) is 84.2 cm³/mol. The minimum absolute atomic E-state index is 0.156. The third-order valence-electron chi connectivity index (χ3n) is 2.86. The third-order valence-corrected chi connectivity index (χ3v) is 6.93. The molecule has 0 saturated carbocycles. The number of carbonyl (C=O) groups excluding carboxylic acids is 1. The Morgan fingerprint density at radius 1 is 1.18 bits per heavy atom. The maximum atomic E-state index is 12.5. The van der Waals surface area contributed by atoms with E-state index in [0.29, 0.717) is 5.78 Å². The number of rotatable bonds is 7. The van der Waals surface area contributed by atoms with Crippen LogP contribution in [0.25, 0.3) is 0 Å². The van der Waals surface area contributed by atoms with Gasteiger partial charge in [-0.2, -0.15) is 0 Å². The van der Waals surface area contributed by atoms with Gasteiger partial charge in [0.25, 0.3) is 0 Å². The van der Waals surface area contributed by atoms with Gasteiger partial charge in [-0.3, -0.25) is 4.79 Å². The molecular weight excluding hydrogens is 240 g/mol. The predicted octanol–water partition coefficient (Wildman–Crippen LogP) is 4.73. The molecule has 3 heteroatoms. The molecule has 1 nitrogen and oxygen atoms in total. The molecular formula is C14H28OSi2. The number of allylic oxidation sites excluding steroid dienone is 2. The van der Waals surface area contributed by atoms with Crippen LogP contribution in [0.15, 0.2) is 24.8 Å². The lowest BCUT2D eigenvalue weighted by Gasteiger charge is -2.28. The molecule has 0 bridgehead atoms. The van der Waals surface area contributed by atoms with Crippen LogP contribution >= 0.6 is 0 Å². The second-order valence-corrected chi connectivity index (χ2v) is 18.1. The molecule has 0 saturated heterocycles. The van der Waals surface area contributed by atoms with Gasteiger partial charge in [0.2, 0.25) is 0 Å². The summed E-state index contributed by atoms with van der Waals surface area (Å²) in [6, 6.07) is 0.921. The van der Waals surface area contributed by atoms with Gasteiger partial charge in [-0.15, -0.1) is 6.58 Å². The highest BCUT2D eigenvalue weighted by Crippen LogP contribution is 2.31. The normalized spacial score (nSPS) is 14.2. The molecule has 1 unspecified atom stereocenters. The average molecular weight is 269 g/mol. The Kier molecular flexibility index (Phi) is 5.81. The Morgan fingerprint density at radius 2 is 1.65 bits per heavy atom. The monoisotopic (exact) mass is 268 g/mol. The fourth-order valence-electron chi connectivity index (χ4n) is 1.99. The topological polar surface area (TPSA) is 17.1 Å². The van der Waals surface area contributed by atoms with Gasteiger partial charge in [0, 0.05) is 13.6 Å². The van der Waals surface area contributed by atoms with Crippen molar-refractivity contribution in [2.75, 3.05) is 0 Å². The second-order valence-electron chi connectivity index (χ2n) is 7.15. The molecule has 0 amide bonds. The Bertz CT molecular complexity index is 305. The molecule has 0 aromatic heterocycles. The number of hydrogen-bond acceptors (Lipinski definition) is 1. The summed E-state index contributed by atoms with van der Waals surface area (Å²) < 4.78 is 0. The van der Waals surface area contributed by atoms with E-state index < -0.39 is 16.1 Å².